The molecule has 128 valence electrons. The summed E-state index contributed by atoms with van der Waals surface area (Å²) in [6.07, 6.45) is -1.14. The number of carbonyl (C=O) groups is 1. The second-order valence-corrected chi connectivity index (χ2v) is 6.09. The highest BCUT2D eigenvalue weighted by molar-refractivity contribution is 6.30. The lowest BCUT2D eigenvalue weighted by Gasteiger charge is -2.26. The molecule has 0 bridgehead atoms. The summed E-state index contributed by atoms with van der Waals surface area (Å²) in [4.78, 5) is 14.0. The van der Waals surface area contributed by atoms with Gasteiger partial charge in [-0.3, -0.25) is 4.79 Å². The highest BCUT2D eigenvalue weighted by Gasteiger charge is 2.41. The number of hydrogen-bond acceptors (Lipinski definition) is 2. The van der Waals surface area contributed by atoms with Crippen LogP contribution in [0.3, 0.4) is 0 Å². The van der Waals surface area contributed by atoms with E-state index in [0.717, 1.165) is 30.1 Å². The maximum absolute atomic E-state index is 13.6. The molecule has 2 heterocycles. The maximum Gasteiger partial charge on any atom is 0.434 e. The molecule has 1 amide bonds. The van der Waals surface area contributed by atoms with Gasteiger partial charge in [0.2, 0.25) is 0 Å². The molecule has 0 spiro atoms. The highest BCUT2D eigenvalue weighted by Crippen LogP contribution is 2.34. The number of rotatable bonds is 2. The van der Waals surface area contributed by atoms with Gasteiger partial charge in [-0.15, -0.1) is 0 Å². The molecular weight excluding hydrogens is 343 g/mol. The van der Waals surface area contributed by atoms with Crippen LogP contribution in [0.25, 0.3) is 5.69 Å². The molecule has 1 fully saturated rings. The van der Waals surface area contributed by atoms with E-state index in [0.29, 0.717) is 18.1 Å². The number of piperidine rings is 1. The van der Waals surface area contributed by atoms with E-state index in [4.69, 9.17) is 11.6 Å². The number of likely N-dealkylation sites (tertiary alicyclic amines) is 1. The number of halogens is 4. The molecule has 0 aliphatic carbocycles. The fraction of sp³-hybridized carbons (Fsp3) is 0.375. The summed E-state index contributed by atoms with van der Waals surface area (Å²) in [6, 6.07) is 5.93. The second-order valence-electron chi connectivity index (χ2n) is 5.65. The minimum absolute atomic E-state index is 0.160. The van der Waals surface area contributed by atoms with E-state index in [-0.39, 0.29) is 5.69 Å². The zero-order valence-electron chi connectivity index (χ0n) is 12.7. The summed E-state index contributed by atoms with van der Waals surface area (Å²) < 4.78 is 41.5. The third-order valence-corrected chi connectivity index (χ3v) is 4.20. The lowest BCUT2D eigenvalue weighted by Crippen LogP contribution is -2.36. The zero-order valence-corrected chi connectivity index (χ0v) is 13.4. The summed E-state index contributed by atoms with van der Waals surface area (Å²) in [5, 5.41) is 4.09. The van der Waals surface area contributed by atoms with E-state index < -0.39 is 23.3 Å². The number of aromatic nitrogens is 2. The molecule has 0 N–H and O–H groups in total. The summed E-state index contributed by atoms with van der Waals surface area (Å²) in [7, 11) is 0. The molecule has 0 atom stereocenters. The predicted octanol–water partition coefficient (Wildman–Crippen LogP) is 4.17. The SMILES string of the molecule is O=C(c1cnn(-c2cccc(Cl)c2)c1C(F)(F)F)N1CCCCC1. The Labute approximate surface area is 141 Å². The number of hydrogen-bond donors (Lipinski definition) is 0. The quantitative estimate of drug-likeness (QED) is 0.809. The molecule has 4 nitrogen and oxygen atoms in total. The van der Waals surface area contributed by atoms with E-state index in [1.165, 1.54) is 23.1 Å². The summed E-state index contributed by atoms with van der Waals surface area (Å²) in [5.41, 5.74) is -1.34. The molecule has 1 aliphatic heterocycles. The molecule has 0 unspecified atom stereocenters. The normalized spacial score (nSPS) is 15.6. The molecule has 1 aromatic carbocycles. The fourth-order valence-corrected chi connectivity index (χ4v) is 3.03. The molecule has 1 aliphatic rings. The van der Waals surface area contributed by atoms with Gasteiger partial charge in [-0.2, -0.15) is 18.3 Å². The molecule has 0 saturated carbocycles. The van der Waals surface area contributed by atoms with E-state index in [1.54, 1.807) is 6.07 Å². The lowest BCUT2D eigenvalue weighted by molar-refractivity contribution is -0.143. The van der Waals surface area contributed by atoms with Crippen molar-refractivity contribution in [3.05, 3.63) is 46.7 Å². The molecule has 1 aromatic heterocycles. The van der Waals surface area contributed by atoms with Gasteiger partial charge in [0.15, 0.2) is 5.69 Å². The van der Waals surface area contributed by atoms with E-state index in [2.05, 4.69) is 5.10 Å². The second kappa shape index (κ2) is 6.47. The van der Waals surface area contributed by atoms with Gasteiger partial charge in [0.05, 0.1) is 17.4 Å². The number of carbonyl (C=O) groups excluding carboxylic acids is 1. The largest absolute Gasteiger partial charge is 0.434 e. The minimum Gasteiger partial charge on any atom is -0.339 e. The molecule has 8 heteroatoms. The predicted molar refractivity (Wildman–Crippen MR) is 83.3 cm³/mol. The van der Waals surface area contributed by atoms with Crippen LogP contribution < -0.4 is 0 Å². The Hall–Kier alpha value is -2.02. The average molecular weight is 358 g/mol. The first kappa shape index (κ1) is 16.8. The van der Waals surface area contributed by atoms with Gasteiger partial charge >= 0.3 is 6.18 Å². The van der Waals surface area contributed by atoms with Gasteiger partial charge in [-0.25, -0.2) is 4.68 Å². The van der Waals surface area contributed by atoms with Crippen molar-refractivity contribution in [3.63, 3.8) is 0 Å². The smallest absolute Gasteiger partial charge is 0.339 e. The fourth-order valence-electron chi connectivity index (χ4n) is 2.85. The number of nitrogens with zero attached hydrogens (tertiary/aromatic N) is 3. The maximum atomic E-state index is 13.6. The minimum atomic E-state index is -4.71. The lowest BCUT2D eigenvalue weighted by atomic mass is 10.1. The van der Waals surface area contributed by atoms with Crippen LogP contribution in [0.2, 0.25) is 5.02 Å². The van der Waals surface area contributed by atoms with Crippen molar-refractivity contribution in [2.45, 2.75) is 25.4 Å². The van der Waals surface area contributed by atoms with Gasteiger partial charge < -0.3 is 4.90 Å². The van der Waals surface area contributed by atoms with Gasteiger partial charge in [0.1, 0.15) is 0 Å². The van der Waals surface area contributed by atoms with Crippen molar-refractivity contribution in [1.82, 2.24) is 14.7 Å². The summed E-state index contributed by atoms with van der Waals surface area (Å²) in [6.45, 7) is 0.941. The monoisotopic (exact) mass is 357 g/mol. The zero-order chi connectivity index (χ0) is 17.3. The van der Waals surface area contributed by atoms with Crippen LogP contribution in [0.4, 0.5) is 13.2 Å². The first-order valence-corrected chi connectivity index (χ1v) is 7.96. The van der Waals surface area contributed by atoms with Crippen LogP contribution in [0.1, 0.15) is 35.3 Å². The third-order valence-electron chi connectivity index (χ3n) is 3.96. The van der Waals surface area contributed by atoms with Crippen molar-refractivity contribution >= 4 is 17.5 Å². The van der Waals surface area contributed by atoms with Crippen LogP contribution in [-0.4, -0.2) is 33.7 Å². The Bertz CT molecular complexity index is 751. The van der Waals surface area contributed by atoms with Gasteiger partial charge in [0, 0.05) is 18.1 Å². The van der Waals surface area contributed by atoms with Crippen molar-refractivity contribution in [2.75, 3.05) is 13.1 Å². The van der Waals surface area contributed by atoms with Gasteiger partial charge in [-0.05, 0) is 37.5 Å². The van der Waals surface area contributed by atoms with Crippen molar-refractivity contribution in [3.8, 4) is 5.69 Å². The Kier molecular flexibility index (Phi) is 4.54. The van der Waals surface area contributed by atoms with Gasteiger partial charge in [-0.1, -0.05) is 17.7 Å². The van der Waals surface area contributed by atoms with Gasteiger partial charge in [0.25, 0.3) is 5.91 Å². The van der Waals surface area contributed by atoms with E-state index in [1.807, 2.05) is 0 Å². The molecule has 1 saturated heterocycles. The van der Waals surface area contributed by atoms with Crippen LogP contribution in [-0.2, 0) is 6.18 Å². The standard InChI is InChI=1S/C16H15ClF3N3O/c17-11-5-4-6-12(9-11)23-14(16(18,19)20)13(10-21-23)15(24)22-7-2-1-3-8-22/h4-6,9-10H,1-3,7-8H2. The topological polar surface area (TPSA) is 38.1 Å². The summed E-state index contributed by atoms with van der Waals surface area (Å²) in [5.74, 6) is -0.629. The number of benzene rings is 1. The summed E-state index contributed by atoms with van der Waals surface area (Å²) >= 11 is 5.85. The number of amides is 1. The average Bonchev–Trinajstić information content (AvgIpc) is 3.00. The highest BCUT2D eigenvalue weighted by atomic mass is 35.5. The van der Waals surface area contributed by atoms with Crippen LogP contribution in [0.15, 0.2) is 30.5 Å². The molecule has 24 heavy (non-hydrogen) atoms. The van der Waals surface area contributed by atoms with Crippen molar-refractivity contribution in [1.29, 1.82) is 0 Å². The van der Waals surface area contributed by atoms with Crippen molar-refractivity contribution < 1.29 is 18.0 Å². The third kappa shape index (κ3) is 3.26. The first-order valence-electron chi connectivity index (χ1n) is 7.58. The van der Waals surface area contributed by atoms with E-state index in [9.17, 15) is 18.0 Å². The Balaban J connectivity index is 2.06. The van der Waals surface area contributed by atoms with Crippen LogP contribution in [0.5, 0.6) is 0 Å². The Morgan fingerprint density at radius 2 is 1.88 bits per heavy atom. The van der Waals surface area contributed by atoms with Crippen LogP contribution in [0, 0.1) is 0 Å². The Morgan fingerprint density at radius 1 is 1.17 bits per heavy atom. The van der Waals surface area contributed by atoms with E-state index >= 15 is 0 Å². The number of alkyl halides is 3. The van der Waals surface area contributed by atoms with Crippen molar-refractivity contribution in [2.24, 2.45) is 0 Å². The molecular formula is C16H15ClF3N3O. The Morgan fingerprint density at radius 3 is 2.50 bits per heavy atom. The van der Waals surface area contributed by atoms with Crippen LogP contribution >= 0.6 is 11.6 Å². The molecule has 0 radical (unpaired) electrons. The molecule has 3 rings (SSSR count). The first-order chi connectivity index (χ1) is 11.4. The molecule has 2 aromatic rings.